The molecule has 0 atom stereocenters. The zero-order valence-corrected chi connectivity index (χ0v) is 17.6. The first-order valence-electron chi connectivity index (χ1n) is 10.0. The molecule has 1 N–H and O–H groups in total. The van der Waals surface area contributed by atoms with Crippen LogP contribution in [0.5, 0.6) is 5.75 Å². The van der Waals surface area contributed by atoms with Crippen LogP contribution in [0.3, 0.4) is 0 Å². The fourth-order valence-corrected chi connectivity index (χ4v) is 4.33. The number of aromatic nitrogens is 2. The van der Waals surface area contributed by atoms with Crippen LogP contribution in [0.1, 0.15) is 23.0 Å². The van der Waals surface area contributed by atoms with Crippen molar-refractivity contribution in [3.63, 3.8) is 0 Å². The lowest BCUT2D eigenvalue weighted by molar-refractivity contribution is 0.0958. The first kappa shape index (κ1) is 19.3. The van der Waals surface area contributed by atoms with Gasteiger partial charge in [-0.2, -0.15) is 9.78 Å². The van der Waals surface area contributed by atoms with E-state index in [2.05, 4.69) is 0 Å². The molecule has 0 saturated heterocycles. The quantitative estimate of drug-likeness (QED) is 0.421. The molecule has 0 amide bonds. The molecule has 0 aliphatic carbocycles. The average molecular weight is 427 g/mol. The Kier molecular flexibility index (Phi) is 4.72. The third-order valence-electron chi connectivity index (χ3n) is 5.59. The Morgan fingerprint density at radius 2 is 1.55 bits per heavy atom. The van der Waals surface area contributed by atoms with Gasteiger partial charge >= 0.3 is 0 Å². The Labute approximate surface area is 185 Å². The topological polar surface area (TPSA) is 55.1 Å². The van der Waals surface area contributed by atoms with Gasteiger partial charge in [-0.15, -0.1) is 0 Å². The van der Waals surface area contributed by atoms with Gasteiger partial charge in [-0.3, -0.25) is 4.79 Å². The number of carbonyl (C=O) groups excluding carboxylic acids is 1. The number of hydrogen-bond donors (Lipinski definition) is 1. The summed E-state index contributed by atoms with van der Waals surface area (Å²) in [4.78, 5) is 13.6. The monoisotopic (exact) mass is 426 g/mol. The van der Waals surface area contributed by atoms with Gasteiger partial charge in [-0.25, -0.2) is 0 Å². The van der Waals surface area contributed by atoms with Crippen molar-refractivity contribution in [1.29, 1.82) is 0 Å². The molecule has 4 nitrogen and oxygen atoms in total. The number of phenols is 1. The van der Waals surface area contributed by atoms with Gasteiger partial charge in [0.15, 0.2) is 0 Å². The second-order valence-electron chi connectivity index (χ2n) is 7.62. The lowest BCUT2D eigenvalue weighted by Gasteiger charge is -2.20. The van der Waals surface area contributed by atoms with E-state index in [0.29, 0.717) is 17.6 Å². The molecule has 0 spiro atoms. The van der Waals surface area contributed by atoms with E-state index in [1.165, 1.54) is 10.7 Å². The number of carbonyl (C=O) groups is 1. The lowest BCUT2D eigenvalue weighted by Crippen LogP contribution is -2.23. The van der Waals surface area contributed by atoms with Crippen molar-refractivity contribution < 1.29 is 9.90 Å². The van der Waals surface area contributed by atoms with Crippen LogP contribution in [0, 0.1) is 0 Å². The summed E-state index contributed by atoms with van der Waals surface area (Å²) in [7, 11) is 0. The van der Waals surface area contributed by atoms with Crippen molar-refractivity contribution in [2.24, 2.45) is 0 Å². The van der Waals surface area contributed by atoms with E-state index < -0.39 is 0 Å². The molecular formula is C26H19ClN2O2. The average Bonchev–Trinajstić information content (AvgIpc) is 3.17. The fourth-order valence-electron chi connectivity index (χ4n) is 4.15. The molecule has 0 radical (unpaired) electrons. The molecule has 31 heavy (non-hydrogen) atoms. The van der Waals surface area contributed by atoms with Crippen molar-refractivity contribution in [2.75, 3.05) is 0 Å². The largest absolute Gasteiger partial charge is 0.506 e. The summed E-state index contributed by atoms with van der Waals surface area (Å²) < 4.78 is 1.52. The minimum absolute atomic E-state index is 0.00978. The van der Waals surface area contributed by atoms with Crippen LogP contribution >= 0.6 is 11.6 Å². The lowest BCUT2D eigenvalue weighted by atomic mass is 9.90. The normalized spacial score (nSPS) is 13.4. The maximum Gasteiger partial charge on any atom is 0.279 e. The Bertz CT molecular complexity index is 1340. The highest BCUT2D eigenvalue weighted by atomic mass is 35.5. The van der Waals surface area contributed by atoms with E-state index in [9.17, 15) is 9.90 Å². The highest BCUT2D eigenvalue weighted by molar-refractivity contribution is 6.32. The maximum absolute atomic E-state index is 13.6. The number of fused-ring (bicyclic) bond motifs is 1. The van der Waals surface area contributed by atoms with E-state index in [0.717, 1.165) is 33.7 Å². The molecule has 2 heterocycles. The molecule has 0 fully saturated rings. The predicted molar refractivity (Wildman–Crippen MR) is 123 cm³/mol. The van der Waals surface area contributed by atoms with Crippen molar-refractivity contribution in [1.82, 2.24) is 9.78 Å². The Morgan fingerprint density at radius 3 is 2.19 bits per heavy atom. The summed E-state index contributed by atoms with van der Waals surface area (Å²) in [6, 6.07) is 24.8. The molecule has 1 aliphatic rings. The SMILES string of the molecule is CC1=C(c2ccc(O)c(Cl)c2)C(=O)n2nc(-c3ccccc3)c(-c3ccccc3)c2C1. The molecule has 1 aliphatic heterocycles. The number of hydrogen-bond acceptors (Lipinski definition) is 3. The molecule has 5 heteroatoms. The fraction of sp³-hybridized carbons (Fsp3) is 0.0769. The minimum atomic E-state index is -0.195. The number of nitrogens with zero attached hydrogens (tertiary/aromatic N) is 2. The molecule has 0 unspecified atom stereocenters. The zero-order valence-electron chi connectivity index (χ0n) is 16.8. The highest BCUT2D eigenvalue weighted by Gasteiger charge is 2.31. The molecular weight excluding hydrogens is 408 g/mol. The predicted octanol–water partition coefficient (Wildman–Crippen LogP) is 6.25. The van der Waals surface area contributed by atoms with E-state index in [1.54, 1.807) is 12.1 Å². The molecule has 5 rings (SSSR count). The molecule has 3 aromatic carbocycles. The van der Waals surface area contributed by atoms with E-state index in [-0.39, 0.29) is 16.7 Å². The maximum atomic E-state index is 13.6. The molecule has 0 saturated carbocycles. The zero-order chi connectivity index (χ0) is 21.5. The second kappa shape index (κ2) is 7.56. The summed E-state index contributed by atoms with van der Waals surface area (Å²) in [6.07, 6.45) is 0.587. The van der Waals surface area contributed by atoms with Crippen LogP contribution in [0.4, 0.5) is 0 Å². The van der Waals surface area contributed by atoms with Crippen molar-refractivity contribution in [2.45, 2.75) is 13.3 Å². The third kappa shape index (κ3) is 3.25. The number of benzene rings is 3. The van der Waals surface area contributed by atoms with Gasteiger partial charge in [0, 0.05) is 23.1 Å². The van der Waals surface area contributed by atoms with Crippen LogP contribution < -0.4 is 0 Å². The highest BCUT2D eigenvalue weighted by Crippen LogP contribution is 2.40. The number of rotatable bonds is 3. The van der Waals surface area contributed by atoms with E-state index in [1.807, 2.05) is 67.6 Å². The van der Waals surface area contributed by atoms with Crippen molar-refractivity contribution in [3.8, 4) is 28.1 Å². The number of phenolic OH excluding ortho intramolecular Hbond substituents is 1. The summed E-state index contributed by atoms with van der Waals surface area (Å²) in [5.74, 6) is -0.204. The van der Waals surface area contributed by atoms with Crippen LogP contribution in [0.25, 0.3) is 28.0 Å². The van der Waals surface area contributed by atoms with Crippen molar-refractivity contribution >= 4 is 23.1 Å². The van der Waals surface area contributed by atoms with Crippen LogP contribution in [0.2, 0.25) is 5.02 Å². The van der Waals surface area contributed by atoms with Gasteiger partial charge in [0.2, 0.25) is 0 Å². The number of aromatic hydroxyl groups is 1. The van der Waals surface area contributed by atoms with E-state index in [4.69, 9.17) is 16.7 Å². The molecule has 152 valence electrons. The van der Waals surface area contributed by atoms with Gasteiger partial charge in [-0.05, 0) is 30.2 Å². The number of halogens is 1. The smallest absolute Gasteiger partial charge is 0.279 e. The van der Waals surface area contributed by atoms with Gasteiger partial charge in [-0.1, -0.05) is 83.9 Å². The standard InChI is InChI=1S/C26H19ClN2O2/c1-16-14-21-24(17-8-4-2-5-9-17)25(18-10-6-3-7-11-18)28-29(21)26(31)23(16)19-12-13-22(30)20(27)15-19/h2-13,15,30H,14H2,1H3. The Morgan fingerprint density at radius 1 is 0.903 bits per heavy atom. The molecule has 0 bridgehead atoms. The third-order valence-corrected chi connectivity index (χ3v) is 5.90. The summed E-state index contributed by atoms with van der Waals surface area (Å²) in [5.41, 5.74) is 6.81. The van der Waals surface area contributed by atoms with Gasteiger partial charge in [0.25, 0.3) is 5.91 Å². The van der Waals surface area contributed by atoms with Gasteiger partial charge in [0.05, 0.1) is 10.7 Å². The van der Waals surface area contributed by atoms with Gasteiger partial charge in [0.1, 0.15) is 11.4 Å². The first-order valence-corrected chi connectivity index (χ1v) is 10.4. The summed E-state index contributed by atoms with van der Waals surface area (Å²) in [6.45, 7) is 1.96. The Balaban J connectivity index is 1.72. The summed E-state index contributed by atoms with van der Waals surface area (Å²) >= 11 is 6.11. The minimum Gasteiger partial charge on any atom is -0.506 e. The summed E-state index contributed by atoms with van der Waals surface area (Å²) in [5, 5.41) is 14.8. The van der Waals surface area contributed by atoms with Crippen molar-refractivity contribution in [3.05, 3.63) is 101 Å². The second-order valence-corrected chi connectivity index (χ2v) is 8.02. The number of allylic oxidation sites excluding steroid dienone is 2. The molecule has 1 aromatic heterocycles. The Hall–Kier alpha value is -3.63. The van der Waals surface area contributed by atoms with Crippen LogP contribution in [-0.2, 0) is 6.42 Å². The van der Waals surface area contributed by atoms with Crippen LogP contribution in [-0.4, -0.2) is 20.8 Å². The van der Waals surface area contributed by atoms with Gasteiger partial charge < -0.3 is 5.11 Å². The van der Waals surface area contributed by atoms with Crippen LogP contribution in [0.15, 0.2) is 84.4 Å². The first-order chi connectivity index (χ1) is 15.0. The van der Waals surface area contributed by atoms with E-state index >= 15 is 0 Å². The molecule has 4 aromatic rings.